The maximum Gasteiger partial charge on any atom is 0.224 e. The minimum atomic E-state index is -0.720. The van der Waals surface area contributed by atoms with Crippen LogP contribution in [0.5, 0.6) is 0 Å². The predicted octanol–water partition coefficient (Wildman–Crippen LogP) is 2.91. The maximum atomic E-state index is 13.6. The molecule has 9 nitrogen and oxygen atoms in total. The lowest BCUT2D eigenvalue weighted by molar-refractivity contribution is 0.0305. The van der Waals surface area contributed by atoms with Crippen molar-refractivity contribution in [3.63, 3.8) is 0 Å². The average molecular weight is 547 g/mol. The van der Waals surface area contributed by atoms with E-state index in [1.807, 2.05) is 22.1 Å². The molecular formula is C26H33ClF2N8O. The van der Waals surface area contributed by atoms with Crippen LogP contribution in [0.15, 0.2) is 36.5 Å². The quantitative estimate of drug-likeness (QED) is 0.467. The molecule has 0 aliphatic carbocycles. The van der Waals surface area contributed by atoms with E-state index < -0.39 is 17.2 Å². The highest BCUT2D eigenvalue weighted by atomic mass is 35.5. The number of halogens is 3. The van der Waals surface area contributed by atoms with Crippen LogP contribution in [0.1, 0.15) is 25.1 Å². The zero-order valence-corrected chi connectivity index (χ0v) is 22.3. The van der Waals surface area contributed by atoms with Crippen molar-refractivity contribution in [1.29, 1.82) is 0 Å². The van der Waals surface area contributed by atoms with Crippen molar-refractivity contribution in [2.45, 2.75) is 25.9 Å². The summed E-state index contributed by atoms with van der Waals surface area (Å²) in [6, 6.07) is 5.50. The molecule has 0 amide bonds. The number of nitrogen functional groups attached to an aromatic ring is 1. The van der Waals surface area contributed by atoms with Crippen molar-refractivity contribution < 1.29 is 13.9 Å². The van der Waals surface area contributed by atoms with Gasteiger partial charge in [0.2, 0.25) is 5.95 Å². The summed E-state index contributed by atoms with van der Waals surface area (Å²) in [4.78, 5) is 15.0. The van der Waals surface area contributed by atoms with Crippen molar-refractivity contribution >= 4 is 35.9 Å². The molecule has 2 aliphatic heterocycles. The summed E-state index contributed by atoms with van der Waals surface area (Å²) in [6.07, 6.45) is 6.74. The molecule has 2 saturated heterocycles. The van der Waals surface area contributed by atoms with Crippen LogP contribution >= 0.6 is 12.4 Å². The topological polar surface area (TPSA) is 99.6 Å². The van der Waals surface area contributed by atoms with Crippen molar-refractivity contribution in [2.24, 2.45) is 0 Å². The van der Waals surface area contributed by atoms with Crippen LogP contribution in [-0.2, 0) is 6.42 Å². The van der Waals surface area contributed by atoms with Gasteiger partial charge in [0.15, 0.2) is 5.82 Å². The molecule has 204 valence electrons. The smallest absolute Gasteiger partial charge is 0.224 e. The first-order valence-corrected chi connectivity index (χ1v) is 12.5. The molecule has 12 heteroatoms. The summed E-state index contributed by atoms with van der Waals surface area (Å²) >= 11 is 0. The van der Waals surface area contributed by atoms with Crippen LogP contribution < -0.4 is 15.5 Å². The zero-order chi connectivity index (χ0) is 26.2. The Hall–Kier alpha value is -3.28. The van der Waals surface area contributed by atoms with E-state index in [-0.39, 0.29) is 18.4 Å². The van der Waals surface area contributed by atoms with E-state index in [1.165, 1.54) is 12.1 Å². The molecule has 1 aromatic carbocycles. The van der Waals surface area contributed by atoms with Gasteiger partial charge < -0.3 is 20.6 Å². The second-order valence-electron chi connectivity index (χ2n) is 9.93. The molecule has 3 aromatic rings. The fraction of sp³-hybridized carbons (Fsp3) is 0.423. The Morgan fingerprint density at radius 3 is 2.29 bits per heavy atom. The number of nitrogens with zero attached hydrogens (tertiary/aromatic N) is 7. The number of rotatable bonds is 7. The van der Waals surface area contributed by atoms with Gasteiger partial charge in [0.1, 0.15) is 17.5 Å². The maximum absolute atomic E-state index is 13.6. The molecule has 2 aliphatic rings. The lowest BCUT2D eigenvalue weighted by Gasteiger charge is -2.44. The third-order valence-electron chi connectivity index (χ3n) is 6.80. The van der Waals surface area contributed by atoms with Crippen LogP contribution in [-0.4, -0.2) is 81.2 Å². The molecule has 0 atom stereocenters. The number of nitrogens with two attached hydrogens (primary N) is 1. The first-order valence-electron chi connectivity index (χ1n) is 12.5. The van der Waals surface area contributed by atoms with Gasteiger partial charge in [-0.05, 0) is 25.5 Å². The molecular weight excluding hydrogens is 514 g/mol. The number of hydrogen-bond donors (Lipinski definition) is 2. The monoisotopic (exact) mass is 546 g/mol. The lowest BCUT2D eigenvalue weighted by atomic mass is 9.97. The van der Waals surface area contributed by atoms with Gasteiger partial charge >= 0.3 is 0 Å². The summed E-state index contributed by atoms with van der Waals surface area (Å²) in [6.45, 7) is 8.62. The SMILES string of the molecule is CCc1c(C=CCN2CCN(c3cc(F)cc(F)c3)CC2)cnn1-c1cc(N2CC(C)(O)C2)nc(N)n1.Cl. The fourth-order valence-corrected chi connectivity index (χ4v) is 4.96. The zero-order valence-electron chi connectivity index (χ0n) is 21.5. The Morgan fingerprint density at radius 1 is 1.00 bits per heavy atom. The normalized spacial score (nSPS) is 17.5. The standard InChI is InChI=1S/C26H32F2N8O.ClH/c1-3-22-18(5-4-6-33-7-9-34(10-8-33)21-12-19(27)11-20(28)13-21)15-30-36(22)24-14-23(31-25(29)32-24)35-16-26(2,37)17-35;/h4-5,11-15,37H,3,6-10,16-17H2,1-2H3,(H2,29,31,32);1H. The van der Waals surface area contributed by atoms with Gasteiger partial charge in [-0.2, -0.15) is 15.1 Å². The highest BCUT2D eigenvalue weighted by Crippen LogP contribution is 2.28. The summed E-state index contributed by atoms with van der Waals surface area (Å²) in [5.74, 6) is 0.317. The summed E-state index contributed by atoms with van der Waals surface area (Å²) in [5.41, 5.74) is 7.87. The lowest BCUT2D eigenvalue weighted by Crippen LogP contribution is -2.60. The van der Waals surface area contributed by atoms with E-state index in [0.717, 1.165) is 43.4 Å². The van der Waals surface area contributed by atoms with Crippen molar-refractivity contribution in [3.8, 4) is 5.82 Å². The molecule has 5 rings (SSSR count). The van der Waals surface area contributed by atoms with E-state index in [4.69, 9.17) is 5.73 Å². The van der Waals surface area contributed by atoms with Crippen LogP contribution in [0.3, 0.4) is 0 Å². The summed E-state index contributed by atoms with van der Waals surface area (Å²) in [7, 11) is 0. The molecule has 4 heterocycles. The Labute approximate surface area is 227 Å². The first-order chi connectivity index (χ1) is 17.7. The summed E-state index contributed by atoms with van der Waals surface area (Å²) in [5, 5.41) is 14.6. The van der Waals surface area contributed by atoms with Gasteiger partial charge in [0.25, 0.3) is 0 Å². The Morgan fingerprint density at radius 2 is 1.66 bits per heavy atom. The van der Waals surface area contributed by atoms with Gasteiger partial charge in [-0.25, -0.2) is 13.5 Å². The largest absolute Gasteiger partial charge is 0.386 e. The fourth-order valence-electron chi connectivity index (χ4n) is 4.96. The molecule has 0 radical (unpaired) electrons. The minimum absolute atomic E-state index is 0. The number of benzene rings is 1. The Balaban J connectivity index is 0.00000336. The second kappa shape index (κ2) is 11.2. The van der Waals surface area contributed by atoms with Gasteiger partial charge in [-0.1, -0.05) is 19.1 Å². The summed E-state index contributed by atoms with van der Waals surface area (Å²) < 4.78 is 28.9. The van der Waals surface area contributed by atoms with E-state index in [1.54, 1.807) is 11.6 Å². The second-order valence-corrected chi connectivity index (χ2v) is 9.93. The van der Waals surface area contributed by atoms with Crippen LogP contribution in [0.2, 0.25) is 0 Å². The van der Waals surface area contributed by atoms with E-state index in [0.29, 0.717) is 43.5 Å². The molecule has 38 heavy (non-hydrogen) atoms. The highest BCUT2D eigenvalue weighted by molar-refractivity contribution is 5.85. The molecule has 3 N–H and O–H groups in total. The minimum Gasteiger partial charge on any atom is -0.386 e. The number of hydrogen-bond acceptors (Lipinski definition) is 8. The third kappa shape index (κ3) is 6.06. The Kier molecular flexibility index (Phi) is 8.19. The van der Waals surface area contributed by atoms with Crippen molar-refractivity contribution in [1.82, 2.24) is 24.6 Å². The Bertz CT molecular complexity index is 1280. The van der Waals surface area contributed by atoms with E-state index >= 15 is 0 Å². The number of β-amino-alcohol motifs (C(OH)–C–C–N with tert-alkyl or cyclic N) is 1. The van der Waals surface area contributed by atoms with Crippen LogP contribution in [0.4, 0.5) is 26.2 Å². The van der Waals surface area contributed by atoms with Crippen LogP contribution in [0.25, 0.3) is 11.9 Å². The van der Waals surface area contributed by atoms with Gasteiger partial charge in [-0.3, -0.25) is 4.90 Å². The van der Waals surface area contributed by atoms with Gasteiger partial charge in [0.05, 0.1) is 17.5 Å². The molecule has 2 aromatic heterocycles. The first kappa shape index (κ1) is 27.7. The average Bonchev–Trinajstić information content (AvgIpc) is 3.25. The van der Waals surface area contributed by atoms with E-state index in [9.17, 15) is 13.9 Å². The van der Waals surface area contributed by atoms with Crippen molar-refractivity contribution in [2.75, 3.05) is 61.3 Å². The highest BCUT2D eigenvalue weighted by Gasteiger charge is 2.37. The number of piperazine rings is 1. The van der Waals surface area contributed by atoms with Gasteiger partial charge in [-0.15, -0.1) is 12.4 Å². The third-order valence-corrected chi connectivity index (χ3v) is 6.80. The molecule has 0 bridgehead atoms. The molecule has 0 spiro atoms. The van der Waals surface area contributed by atoms with E-state index in [2.05, 4.69) is 39.0 Å². The van der Waals surface area contributed by atoms with Crippen LogP contribution in [0, 0.1) is 11.6 Å². The number of anilines is 3. The number of aromatic nitrogens is 4. The van der Waals surface area contributed by atoms with Crippen molar-refractivity contribution in [3.05, 3.63) is 59.4 Å². The van der Waals surface area contributed by atoms with Gasteiger partial charge in [0, 0.05) is 69.2 Å². The molecule has 2 fully saturated rings. The molecule has 0 saturated carbocycles. The predicted molar refractivity (Wildman–Crippen MR) is 147 cm³/mol. The number of aliphatic hydroxyl groups is 1. The molecule has 0 unspecified atom stereocenters.